The molecule has 2 aromatic rings. The monoisotopic (exact) mass is 418 g/mol. The van der Waals surface area contributed by atoms with Crippen molar-refractivity contribution in [1.82, 2.24) is 9.80 Å². The third-order valence-corrected chi connectivity index (χ3v) is 5.01. The van der Waals surface area contributed by atoms with Gasteiger partial charge >= 0.3 is 0 Å². The zero-order valence-corrected chi connectivity index (χ0v) is 17.3. The number of hydrogen-bond acceptors (Lipinski definition) is 6. The van der Waals surface area contributed by atoms with Gasteiger partial charge in [-0.05, 0) is 57.4 Å². The first-order chi connectivity index (χ1) is 13.8. The van der Waals surface area contributed by atoms with Gasteiger partial charge in [0.15, 0.2) is 0 Å². The maximum absolute atomic E-state index is 12.9. The van der Waals surface area contributed by atoms with Gasteiger partial charge in [-0.25, -0.2) is 0 Å². The van der Waals surface area contributed by atoms with Crippen molar-refractivity contribution in [3.05, 3.63) is 58.5 Å². The summed E-state index contributed by atoms with van der Waals surface area (Å²) in [5.74, 6) is -1.05. The topological polar surface area (TPSA) is 83.2 Å². The third-order valence-electron chi connectivity index (χ3n) is 4.77. The first-order valence-corrected chi connectivity index (χ1v) is 9.53. The molecule has 0 radical (unpaired) electrons. The van der Waals surface area contributed by atoms with Gasteiger partial charge in [-0.3, -0.25) is 9.59 Å². The Labute approximate surface area is 174 Å². The van der Waals surface area contributed by atoms with Crippen LogP contribution in [0.2, 0.25) is 5.02 Å². The summed E-state index contributed by atoms with van der Waals surface area (Å²) in [5.41, 5.74) is 0.193. The molecule has 7 nitrogen and oxygen atoms in total. The molecule has 154 valence electrons. The molecule has 1 fully saturated rings. The van der Waals surface area contributed by atoms with Crippen molar-refractivity contribution < 1.29 is 23.8 Å². The summed E-state index contributed by atoms with van der Waals surface area (Å²) >= 11 is 6.08. The normalized spacial score (nSPS) is 18.7. The van der Waals surface area contributed by atoms with E-state index in [1.807, 2.05) is 19.0 Å². The Kier molecular flexibility index (Phi) is 6.30. The highest BCUT2D eigenvalue weighted by atomic mass is 35.5. The van der Waals surface area contributed by atoms with Crippen LogP contribution in [0.15, 0.2) is 46.6 Å². The summed E-state index contributed by atoms with van der Waals surface area (Å²) in [5, 5.41) is 11.4. The molecule has 1 N–H and O–H groups in total. The Morgan fingerprint density at radius 2 is 2.07 bits per heavy atom. The number of ether oxygens (including phenoxy) is 1. The zero-order chi connectivity index (χ0) is 21.1. The van der Waals surface area contributed by atoms with Crippen LogP contribution in [0.3, 0.4) is 0 Å². The molecule has 3 rings (SSSR count). The molecule has 1 amide bonds. The van der Waals surface area contributed by atoms with Crippen LogP contribution < -0.4 is 4.74 Å². The highest BCUT2D eigenvalue weighted by Gasteiger charge is 2.47. The number of carbonyl (C=O) groups is 2. The van der Waals surface area contributed by atoms with E-state index < -0.39 is 17.7 Å². The number of furan rings is 1. The van der Waals surface area contributed by atoms with Crippen LogP contribution in [0, 0.1) is 0 Å². The highest BCUT2D eigenvalue weighted by molar-refractivity contribution is 6.46. The molecule has 1 aliphatic rings. The Morgan fingerprint density at radius 1 is 1.31 bits per heavy atom. The number of rotatable bonds is 7. The quantitative estimate of drug-likeness (QED) is 0.422. The minimum atomic E-state index is -0.823. The van der Waals surface area contributed by atoms with E-state index in [2.05, 4.69) is 0 Å². The molecule has 1 saturated heterocycles. The lowest BCUT2D eigenvalue weighted by atomic mass is 9.98. The number of halogens is 1. The Morgan fingerprint density at radius 3 is 2.69 bits per heavy atom. The standard InChI is InChI=1S/C21H23ClN2O5/c1-23(2)9-5-10-24-18(16-6-4-11-29-16)17(20(26)21(24)27)19(25)14-12-13(22)7-8-15(14)28-3/h4,6-8,11-12,18,25H,5,9-10H2,1-3H3/b19-17+/t18-/m0/s1. The van der Waals surface area contributed by atoms with Gasteiger partial charge in [0.1, 0.15) is 23.3 Å². The number of Topliss-reactive ketones (excluding diaryl/α,β-unsaturated/α-hetero) is 1. The van der Waals surface area contributed by atoms with E-state index in [0.29, 0.717) is 29.5 Å². The SMILES string of the molecule is COc1ccc(Cl)cc1/C(O)=C1\C(=O)C(=O)N(CCCN(C)C)[C@H]1c1ccco1. The Hall–Kier alpha value is -2.77. The minimum absolute atomic E-state index is 0.0460. The second-order valence-electron chi connectivity index (χ2n) is 7.01. The lowest BCUT2D eigenvalue weighted by Crippen LogP contribution is -2.32. The molecule has 1 atom stereocenters. The fourth-order valence-electron chi connectivity index (χ4n) is 3.42. The molecule has 2 heterocycles. The van der Waals surface area contributed by atoms with Crippen LogP contribution in [0.4, 0.5) is 0 Å². The number of nitrogens with zero attached hydrogens (tertiary/aromatic N) is 2. The lowest BCUT2D eigenvalue weighted by molar-refractivity contribution is -0.140. The van der Waals surface area contributed by atoms with E-state index in [0.717, 1.165) is 6.54 Å². The van der Waals surface area contributed by atoms with Gasteiger partial charge in [0, 0.05) is 11.6 Å². The number of carbonyl (C=O) groups excluding carboxylic acids is 2. The zero-order valence-electron chi connectivity index (χ0n) is 16.5. The maximum atomic E-state index is 12.9. The molecule has 0 saturated carbocycles. The van der Waals surface area contributed by atoms with Gasteiger partial charge in [0.2, 0.25) is 0 Å². The van der Waals surface area contributed by atoms with Crippen molar-refractivity contribution in [2.45, 2.75) is 12.5 Å². The molecule has 1 aromatic heterocycles. The lowest BCUT2D eigenvalue weighted by Gasteiger charge is -2.24. The molecular formula is C21H23ClN2O5. The summed E-state index contributed by atoms with van der Waals surface area (Å²) < 4.78 is 10.8. The third kappa shape index (κ3) is 4.16. The average Bonchev–Trinajstić information content (AvgIpc) is 3.29. The van der Waals surface area contributed by atoms with E-state index >= 15 is 0 Å². The molecular weight excluding hydrogens is 396 g/mol. The van der Waals surface area contributed by atoms with Crippen molar-refractivity contribution in [2.75, 3.05) is 34.3 Å². The fraction of sp³-hybridized carbons (Fsp3) is 0.333. The smallest absolute Gasteiger partial charge is 0.295 e. The number of aliphatic hydroxyl groups excluding tert-OH is 1. The van der Waals surface area contributed by atoms with Crippen molar-refractivity contribution in [3.63, 3.8) is 0 Å². The number of hydrogen-bond donors (Lipinski definition) is 1. The second-order valence-corrected chi connectivity index (χ2v) is 7.45. The summed E-state index contributed by atoms with van der Waals surface area (Å²) in [4.78, 5) is 29.1. The molecule has 1 aromatic carbocycles. The van der Waals surface area contributed by atoms with Crippen LogP contribution in [0.25, 0.3) is 5.76 Å². The molecule has 0 bridgehead atoms. The van der Waals surface area contributed by atoms with Gasteiger partial charge in [0.05, 0.1) is 24.5 Å². The molecule has 0 spiro atoms. The van der Waals surface area contributed by atoms with Crippen LogP contribution in [-0.4, -0.2) is 60.9 Å². The summed E-state index contributed by atoms with van der Waals surface area (Å²) in [6.07, 6.45) is 2.13. The number of ketones is 1. The second kappa shape index (κ2) is 8.71. The van der Waals surface area contributed by atoms with E-state index in [-0.39, 0.29) is 16.9 Å². The van der Waals surface area contributed by atoms with Crippen LogP contribution in [0.5, 0.6) is 5.75 Å². The Balaban J connectivity index is 2.10. The number of benzene rings is 1. The van der Waals surface area contributed by atoms with Gasteiger partial charge in [-0.2, -0.15) is 0 Å². The van der Waals surface area contributed by atoms with Crippen molar-refractivity contribution >= 4 is 29.1 Å². The number of amides is 1. The Bertz CT molecular complexity index is 937. The van der Waals surface area contributed by atoms with Gasteiger partial charge in [-0.1, -0.05) is 11.6 Å². The van der Waals surface area contributed by atoms with E-state index in [1.54, 1.807) is 24.3 Å². The first-order valence-electron chi connectivity index (χ1n) is 9.15. The van der Waals surface area contributed by atoms with Gasteiger partial charge < -0.3 is 24.1 Å². The molecule has 8 heteroatoms. The van der Waals surface area contributed by atoms with Crippen molar-refractivity contribution in [3.8, 4) is 5.75 Å². The molecule has 1 aliphatic heterocycles. The largest absolute Gasteiger partial charge is 0.507 e. The van der Waals surface area contributed by atoms with Crippen LogP contribution in [-0.2, 0) is 9.59 Å². The van der Waals surface area contributed by atoms with Crippen LogP contribution in [0.1, 0.15) is 23.8 Å². The van der Waals surface area contributed by atoms with Gasteiger partial charge in [0.25, 0.3) is 11.7 Å². The van der Waals surface area contributed by atoms with E-state index in [4.69, 9.17) is 20.8 Å². The predicted molar refractivity (Wildman–Crippen MR) is 109 cm³/mol. The summed E-state index contributed by atoms with van der Waals surface area (Å²) in [6, 6.07) is 7.23. The maximum Gasteiger partial charge on any atom is 0.295 e. The number of aliphatic hydroxyl groups is 1. The van der Waals surface area contributed by atoms with E-state index in [1.165, 1.54) is 24.3 Å². The van der Waals surface area contributed by atoms with Crippen molar-refractivity contribution in [1.29, 1.82) is 0 Å². The average molecular weight is 419 g/mol. The fourth-order valence-corrected chi connectivity index (χ4v) is 3.59. The molecule has 0 aliphatic carbocycles. The predicted octanol–water partition coefficient (Wildman–Crippen LogP) is 3.32. The molecule has 0 unspecified atom stereocenters. The number of methoxy groups -OCH3 is 1. The first kappa shape index (κ1) is 21.0. The summed E-state index contributed by atoms with van der Waals surface area (Å²) in [6.45, 7) is 1.09. The summed E-state index contributed by atoms with van der Waals surface area (Å²) in [7, 11) is 5.32. The van der Waals surface area contributed by atoms with Crippen molar-refractivity contribution in [2.24, 2.45) is 0 Å². The van der Waals surface area contributed by atoms with E-state index in [9.17, 15) is 14.7 Å². The number of likely N-dealkylation sites (tertiary alicyclic amines) is 1. The highest BCUT2D eigenvalue weighted by Crippen LogP contribution is 2.41. The van der Waals surface area contributed by atoms with Gasteiger partial charge in [-0.15, -0.1) is 0 Å². The molecule has 29 heavy (non-hydrogen) atoms. The minimum Gasteiger partial charge on any atom is -0.507 e. The van der Waals surface area contributed by atoms with Crippen LogP contribution >= 0.6 is 11.6 Å².